The number of benzene rings is 1. The molecular weight excluding hydrogens is 441 g/mol. The van der Waals surface area contributed by atoms with Crippen LogP contribution in [-0.4, -0.2) is 48.1 Å². The summed E-state index contributed by atoms with van der Waals surface area (Å²) in [6.07, 6.45) is -1.01. The van der Waals surface area contributed by atoms with Gasteiger partial charge >= 0.3 is 6.18 Å². The molecule has 182 valence electrons. The van der Waals surface area contributed by atoms with E-state index in [4.69, 9.17) is 0 Å². The van der Waals surface area contributed by atoms with Crippen molar-refractivity contribution >= 4 is 11.6 Å². The highest BCUT2D eigenvalue weighted by Gasteiger charge is 2.54. The summed E-state index contributed by atoms with van der Waals surface area (Å²) < 4.78 is 42.2. The van der Waals surface area contributed by atoms with Gasteiger partial charge in [-0.05, 0) is 47.9 Å². The third-order valence-electron chi connectivity index (χ3n) is 8.17. The number of anilines is 1. The minimum Gasteiger partial charge on any atom is -0.380 e. The van der Waals surface area contributed by atoms with Crippen LogP contribution < -0.4 is 10.6 Å². The van der Waals surface area contributed by atoms with Crippen LogP contribution in [0.2, 0.25) is 0 Å². The molecule has 8 heteroatoms. The molecule has 1 saturated carbocycles. The first kappa shape index (κ1) is 23.1. The van der Waals surface area contributed by atoms with Crippen molar-refractivity contribution < 1.29 is 18.0 Å². The second-order valence-corrected chi connectivity index (χ2v) is 10.9. The summed E-state index contributed by atoms with van der Waals surface area (Å²) in [6, 6.07) is 9.37. The number of hydrogen-bond donors (Lipinski definition) is 2. The van der Waals surface area contributed by atoms with Gasteiger partial charge in [-0.1, -0.05) is 38.1 Å². The minimum absolute atomic E-state index is 0.104. The first-order valence-corrected chi connectivity index (χ1v) is 11.9. The van der Waals surface area contributed by atoms with E-state index >= 15 is 0 Å². The zero-order valence-corrected chi connectivity index (χ0v) is 19.7. The molecule has 0 radical (unpaired) electrons. The van der Waals surface area contributed by atoms with E-state index in [1.807, 2.05) is 12.1 Å². The number of halogens is 3. The van der Waals surface area contributed by atoms with Crippen LogP contribution in [0.15, 0.2) is 42.6 Å². The van der Waals surface area contributed by atoms with Gasteiger partial charge in [0, 0.05) is 37.5 Å². The first-order chi connectivity index (χ1) is 16.0. The smallest absolute Gasteiger partial charge is 0.380 e. The molecule has 1 saturated heterocycles. The van der Waals surface area contributed by atoms with Crippen LogP contribution in [0, 0.1) is 11.3 Å². The third kappa shape index (κ3) is 3.85. The van der Waals surface area contributed by atoms with E-state index in [2.05, 4.69) is 41.6 Å². The minimum atomic E-state index is -4.61. The molecule has 2 aliphatic carbocycles. The molecule has 3 aliphatic rings. The van der Waals surface area contributed by atoms with Crippen molar-refractivity contribution in [1.82, 2.24) is 15.2 Å². The SMILES string of the molecule is CN(C(=O)C1CC2(CNC2)C1)[C@@H](c1ccc(N[C@H]2Cc3ccccc3C2(C)C)cn1)C(F)(F)F. The number of alkyl halides is 3. The fourth-order valence-corrected chi connectivity index (χ4v) is 6.00. The lowest BCUT2D eigenvalue weighted by molar-refractivity contribution is -0.194. The monoisotopic (exact) mass is 472 g/mol. The van der Waals surface area contributed by atoms with Gasteiger partial charge in [0.25, 0.3) is 0 Å². The van der Waals surface area contributed by atoms with Gasteiger partial charge in [-0.25, -0.2) is 0 Å². The Morgan fingerprint density at radius 3 is 2.44 bits per heavy atom. The Kier molecular flexibility index (Phi) is 5.43. The molecule has 2 N–H and O–H groups in total. The van der Waals surface area contributed by atoms with Gasteiger partial charge in [0.05, 0.1) is 17.6 Å². The normalized spacial score (nSPS) is 23.5. The van der Waals surface area contributed by atoms with Gasteiger partial charge in [0.2, 0.25) is 5.91 Å². The standard InChI is InChI=1S/C26H31F3N4O/c1-24(2)19-7-5-4-6-16(19)10-21(24)32-18-8-9-20(31-13-18)22(26(27,28)29)33(3)23(34)17-11-25(12-17)14-30-15-25/h4-9,13,17,21-22,30,32H,10-12,14-15H2,1-3H3/t21-,22-/m0/s1. The summed E-state index contributed by atoms with van der Waals surface area (Å²) in [5.74, 6) is -0.793. The summed E-state index contributed by atoms with van der Waals surface area (Å²) in [7, 11) is 1.25. The topological polar surface area (TPSA) is 57.3 Å². The summed E-state index contributed by atoms with van der Waals surface area (Å²) in [5, 5.41) is 6.65. The van der Waals surface area contributed by atoms with Crippen molar-refractivity contribution in [2.45, 2.75) is 56.8 Å². The molecule has 34 heavy (non-hydrogen) atoms. The summed E-state index contributed by atoms with van der Waals surface area (Å²) in [5.41, 5.74) is 3.07. The molecule has 0 bridgehead atoms. The molecule has 1 aromatic carbocycles. The molecule has 0 unspecified atom stereocenters. The molecule has 5 rings (SSSR count). The van der Waals surface area contributed by atoms with Crippen LogP contribution in [0.1, 0.15) is 49.6 Å². The maximum absolute atomic E-state index is 14.1. The summed E-state index contributed by atoms with van der Waals surface area (Å²) >= 11 is 0. The molecule has 5 nitrogen and oxygen atoms in total. The molecule has 2 fully saturated rings. The lowest BCUT2D eigenvalue weighted by atomic mass is 9.58. The third-order valence-corrected chi connectivity index (χ3v) is 8.17. The Bertz CT molecular complexity index is 1070. The average molecular weight is 473 g/mol. The highest BCUT2D eigenvalue weighted by atomic mass is 19.4. The second-order valence-electron chi connectivity index (χ2n) is 10.9. The molecule has 1 spiro atoms. The quantitative estimate of drug-likeness (QED) is 0.675. The summed E-state index contributed by atoms with van der Waals surface area (Å²) in [6.45, 7) is 6.04. The van der Waals surface area contributed by atoms with Gasteiger partial charge in [0.15, 0.2) is 6.04 Å². The first-order valence-electron chi connectivity index (χ1n) is 11.9. The maximum atomic E-state index is 14.1. The van der Waals surface area contributed by atoms with Gasteiger partial charge in [-0.15, -0.1) is 0 Å². The van der Waals surface area contributed by atoms with E-state index in [0.717, 1.165) is 24.4 Å². The van der Waals surface area contributed by atoms with E-state index in [1.165, 1.54) is 30.4 Å². The molecule has 2 heterocycles. The number of carbonyl (C=O) groups excluding carboxylic acids is 1. The number of rotatable bonds is 5. The highest BCUT2D eigenvalue weighted by molar-refractivity contribution is 5.80. The Morgan fingerprint density at radius 1 is 1.18 bits per heavy atom. The summed E-state index contributed by atoms with van der Waals surface area (Å²) in [4.78, 5) is 17.9. The van der Waals surface area contributed by atoms with Crippen LogP contribution >= 0.6 is 0 Å². The fourth-order valence-electron chi connectivity index (χ4n) is 6.00. The van der Waals surface area contributed by atoms with Crippen molar-refractivity contribution in [2.75, 3.05) is 25.5 Å². The second kappa shape index (κ2) is 7.97. The van der Waals surface area contributed by atoms with E-state index in [9.17, 15) is 18.0 Å². The number of carbonyl (C=O) groups is 1. The number of amides is 1. The predicted molar refractivity (Wildman–Crippen MR) is 124 cm³/mol. The van der Waals surface area contributed by atoms with E-state index in [1.54, 1.807) is 6.07 Å². The number of nitrogens with zero attached hydrogens (tertiary/aromatic N) is 2. The molecule has 1 amide bonds. The van der Waals surface area contributed by atoms with Crippen molar-refractivity contribution in [3.8, 4) is 0 Å². The van der Waals surface area contributed by atoms with Crippen LogP contribution in [0.25, 0.3) is 0 Å². The predicted octanol–water partition coefficient (Wildman–Crippen LogP) is 4.46. The van der Waals surface area contributed by atoms with E-state index in [-0.39, 0.29) is 28.5 Å². The van der Waals surface area contributed by atoms with Crippen LogP contribution in [0.4, 0.5) is 18.9 Å². The fraction of sp³-hybridized carbons (Fsp3) is 0.538. The molecule has 2 atom stereocenters. The zero-order valence-electron chi connectivity index (χ0n) is 19.7. The van der Waals surface area contributed by atoms with Crippen molar-refractivity contribution in [2.24, 2.45) is 11.3 Å². The van der Waals surface area contributed by atoms with Crippen LogP contribution in [0.3, 0.4) is 0 Å². The van der Waals surface area contributed by atoms with Crippen LogP contribution in [0.5, 0.6) is 0 Å². The van der Waals surface area contributed by atoms with Crippen molar-refractivity contribution in [3.05, 3.63) is 59.4 Å². The molecule has 1 aliphatic heterocycles. The van der Waals surface area contributed by atoms with E-state index < -0.39 is 18.1 Å². The van der Waals surface area contributed by atoms with Crippen LogP contribution in [-0.2, 0) is 16.6 Å². The molecular formula is C26H31F3N4O. The number of nitrogens with one attached hydrogen (secondary N) is 2. The molecule has 1 aromatic heterocycles. The Balaban J connectivity index is 1.30. The number of pyridine rings is 1. The Labute approximate surface area is 198 Å². The van der Waals surface area contributed by atoms with Gasteiger partial charge < -0.3 is 15.5 Å². The van der Waals surface area contributed by atoms with Crippen molar-refractivity contribution in [1.29, 1.82) is 0 Å². The van der Waals surface area contributed by atoms with Gasteiger partial charge in [-0.2, -0.15) is 13.2 Å². The van der Waals surface area contributed by atoms with Gasteiger partial charge in [0.1, 0.15) is 0 Å². The van der Waals surface area contributed by atoms with Gasteiger partial charge in [-0.3, -0.25) is 9.78 Å². The zero-order chi connectivity index (χ0) is 24.3. The lowest BCUT2D eigenvalue weighted by Gasteiger charge is -2.54. The Hall–Kier alpha value is -2.61. The molecule has 2 aromatic rings. The number of aromatic nitrogens is 1. The number of hydrogen-bond acceptors (Lipinski definition) is 4. The largest absolute Gasteiger partial charge is 0.414 e. The van der Waals surface area contributed by atoms with Crippen molar-refractivity contribution in [3.63, 3.8) is 0 Å². The average Bonchev–Trinajstić information content (AvgIpc) is 2.96. The lowest BCUT2D eigenvalue weighted by Crippen LogP contribution is -2.62. The van der Waals surface area contributed by atoms with E-state index in [0.29, 0.717) is 18.5 Å². The Morgan fingerprint density at radius 2 is 1.88 bits per heavy atom. The highest BCUT2D eigenvalue weighted by Crippen LogP contribution is 2.50. The maximum Gasteiger partial charge on any atom is 0.414 e. The number of fused-ring (bicyclic) bond motifs is 1.